The second-order valence-electron chi connectivity index (χ2n) is 6.39. The third-order valence-electron chi connectivity index (χ3n) is 3.83. The van der Waals surface area contributed by atoms with Crippen LogP contribution in [0.25, 0.3) is 0 Å². The molecule has 2 rings (SSSR count). The second-order valence-corrected chi connectivity index (χ2v) is 6.39. The lowest BCUT2D eigenvalue weighted by molar-refractivity contribution is -0.147. The number of esters is 1. The summed E-state index contributed by atoms with van der Waals surface area (Å²) >= 11 is 0. The fourth-order valence-electron chi connectivity index (χ4n) is 2.42. The van der Waals surface area contributed by atoms with Gasteiger partial charge < -0.3 is 14.8 Å². The van der Waals surface area contributed by atoms with Gasteiger partial charge in [-0.1, -0.05) is 49.7 Å². The summed E-state index contributed by atoms with van der Waals surface area (Å²) in [6.07, 6.45) is 0. The second kappa shape index (κ2) is 9.61. The molecule has 0 spiro atoms. The highest BCUT2D eigenvalue weighted by molar-refractivity contribution is 5.97. The first-order valence-electron chi connectivity index (χ1n) is 8.69. The van der Waals surface area contributed by atoms with Gasteiger partial charge in [0, 0.05) is 5.56 Å². The highest BCUT2D eigenvalue weighted by atomic mass is 16.6. The van der Waals surface area contributed by atoms with E-state index in [2.05, 4.69) is 5.32 Å². The lowest BCUT2D eigenvalue weighted by Crippen LogP contribution is -2.45. The van der Waals surface area contributed by atoms with E-state index in [1.54, 1.807) is 12.1 Å². The Balaban J connectivity index is 1.85. The van der Waals surface area contributed by atoms with Crippen molar-refractivity contribution >= 4 is 11.9 Å². The molecule has 0 heterocycles. The van der Waals surface area contributed by atoms with E-state index in [-0.39, 0.29) is 25.0 Å². The monoisotopic (exact) mass is 355 g/mol. The van der Waals surface area contributed by atoms with Crippen LogP contribution < -0.4 is 10.1 Å². The summed E-state index contributed by atoms with van der Waals surface area (Å²) in [6.45, 7) is 6.02. The van der Waals surface area contributed by atoms with Crippen LogP contribution >= 0.6 is 0 Å². The van der Waals surface area contributed by atoms with Crippen molar-refractivity contribution in [1.29, 1.82) is 0 Å². The quantitative estimate of drug-likeness (QED) is 0.582. The summed E-state index contributed by atoms with van der Waals surface area (Å²) in [5, 5.41) is 2.76. The van der Waals surface area contributed by atoms with Gasteiger partial charge >= 0.3 is 5.97 Å². The molecule has 0 aliphatic heterocycles. The molecular formula is C21H25NO4. The van der Waals surface area contributed by atoms with Crippen LogP contribution in [0.2, 0.25) is 0 Å². The number of ether oxygens (including phenoxy) is 2. The Morgan fingerprint density at radius 3 is 2.38 bits per heavy atom. The SMILES string of the molecule is Cc1cccc(C(=O)N[C@H](C(=O)OCCOc2ccccc2)C(C)C)c1. The number of carbonyl (C=O) groups excluding carboxylic acids is 2. The van der Waals surface area contributed by atoms with Crippen molar-refractivity contribution in [3.05, 3.63) is 65.7 Å². The van der Waals surface area contributed by atoms with Crippen LogP contribution in [0.3, 0.4) is 0 Å². The Bertz CT molecular complexity index is 728. The van der Waals surface area contributed by atoms with Crippen LogP contribution in [-0.2, 0) is 9.53 Å². The van der Waals surface area contributed by atoms with Gasteiger partial charge in [-0.15, -0.1) is 0 Å². The van der Waals surface area contributed by atoms with E-state index in [1.165, 1.54) is 0 Å². The van der Waals surface area contributed by atoms with Gasteiger partial charge in [-0.25, -0.2) is 4.79 Å². The fourth-order valence-corrected chi connectivity index (χ4v) is 2.42. The van der Waals surface area contributed by atoms with Gasteiger partial charge in [-0.3, -0.25) is 4.79 Å². The van der Waals surface area contributed by atoms with Gasteiger partial charge in [0.05, 0.1) is 0 Å². The maximum Gasteiger partial charge on any atom is 0.329 e. The van der Waals surface area contributed by atoms with E-state index in [1.807, 2.05) is 63.2 Å². The fraction of sp³-hybridized carbons (Fsp3) is 0.333. The highest BCUT2D eigenvalue weighted by Crippen LogP contribution is 2.10. The van der Waals surface area contributed by atoms with E-state index in [9.17, 15) is 9.59 Å². The Morgan fingerprint density at radius 1 is 1.00 bits per heavy atom. The van der Waals surface area contributed by atoms with E-state index >= 15 is 0 Å². The van der Waals surface area contributed by atoms with Crippen LogP contribution in [0.5, 0.6) is 5.75 Å². The van der Waals surface area contributed by atoms with Gasteiger partial charge in [0.25, 0.3) is 5.91 Å². The number of para-hydroxylation sites is 1. The molecule has 0 unspecified atom stereocenters. The van der Waals surface area contributed by atoms with Crippen LogP contribution in [0, 0.1) is 12.8 Å². The lowest BCUT2D eigenvalue weighted by Gasteiger charge is -2.21. The molecule has 0 aromatic heterocycles. The number of nitrogens with one attached hydrogen (secondary N) is 1. The normalized spacial score (nSPS) is 11.7. The standard InChI is InChI=1S/C21H25NO4/c1-15(2)19(22-20(23)17-9-7-8-16(3)14-17)21(24)26-13-12-25-18-10-5-4-6-11-18/h4-11,14-15,19H,12-13H2,1-3H3,(H,22,23)/t19-/m0/s1. The maximum atomic E-state index is 12.4. The summed E-state index contributed by atoms with van der Waals surface area (Å²) in [6, 6.07) is 15.8. The Labute approximate surface area is 154 Å². The maximum absolute atomic E-state index is 12.4. The van der Waals surface area contributed by atoms with Crippen molar-refractivity contribution in [3.8, 4) is 5.75 Å². The summed E-state index contributed by atoms with van der Waals surface area (Å²) in [4.78, 5) is 24.7. The van der Waals surface area contributed by atoms with Gasteiger partial charge in [-0.2, -0.15) is 0 Å². The van der Waals surface area contributed by atoms with Crippen molar-refractivity contribution in [2.75, 3.05) is 13.2 Å². The Morgan fingerprint density at radius 2 is 1.73 bits per heavy atom. The number of hydrogen-bond donors (Lipinski definition) is 1. The summed E-state index contributed by atoms with van der Waals surface area (Å²) in [5.41, 5.74) is 1.51. The minimum atomic E-state index is -0.709. The van der Waals surface area contributed by atoms with E-state index < -0.39 is 12.0 Å². The van der Waals surface area contributed by atoms with E-state index in [0.29, 0.717) is 5.56 Å². The minimum absolute atomic E-state index is 0.0914. The van der Waals surface area contributed by atoms with Crippen LogP contribution in [0.1, 0.15) is 29.8 Å². The molecule has 0 radical (unpaired) electrons. The first-order valence-corrected chi connectivity index (χ1v) is 8.69. The zero-order valence-electron chi connectivity index (χ0n) is 15.4. The van der Waals surface area contributed by atoms with Crippen LogP contribution in [0.4, 0.5) is 0 Å². The van der Waals surface area contributed by atoms with Gasteiger partial charge in [0.2, 0.25) is 0 Å². The summed E-state index contributed by atoms with van der Waals surface area (Å²) in [7, 11) is 0. The zero-order chi connectivity index (χ0) is 18.9. The number of carbonyl (C=O) groups is 2. The Hall–Kier alpha value is -2.82. The molecule has 1 amide bonds. The Kier molecular flexibility index (Phi) is 7.21. The number of benzene rings is 2. The number of aryl methyl sites for hydroxylation is 1. The molecular weight excluding hydrogens is 330 g/mol. The number of rotatable bonds is 8. The average Bonchev–Trinajstić information content (AvgIpc) is 2.63. The molecule has 5 heteroatoms. The van der Waals surface area contributed by atoms with Crippen molar-refractivity contribution in [1.82, 2.24) is 5.32 Å². The largest absolute Gasteiger partial charge is 0.490 e. The number of hydrogen-bond acceptors (Lipinski definition) is 4. The van der Waals surface area contributed by atoms with Crippen LogP contribution in [0.15, 0.2) is 54.6 Å². The third kappa shape index (κ3) is 5.92. The molecule has 0 bridgehead atoms. The summed E-state index contributed by atoms with van der Waals surface area (Å²) < 4.78 is 10.8. The first kappa shape index (κ1) is 19.5. The van der Waals surface area contributed by atoms with Gasteiger partial charge in [0.15, 0.2) is 0 Å². The van der Waals surface area contributed by atoms with Gasteiger partial charge in [0.1, 0.15) is 25.0 Å². The third-order valence-corrected chi connectivity index (χ3v) is 3.83. The molecule has 0 aliphatic carbocycles. The summed E-state index contributed by atoms with van der Waals surface area (Å²) in [5.74, 6) is -0.120. The van der Waals surface area contributed by atoms with Crippen molar-refractivity contribution < 1.29 is 19.1 Å². The molecule has 5 nitrogen and oxygen atoms in total. The smallest absolute Gasteiger partial charge is 0.329 e. The molecule has 0 aliphatic rings. The van der Waals surface area contributed by atoms with E-state index in [0.717, 1.165) is 11.3 Å². The topological polar surface area (TPSA) is 64.6 Å². The molecule has 26 heavy (non-hydrogen) atoms. The number of amides is 1. The predicted molar refractivity (Wildman–Crippen MR) is 100 cm³/mol. The molecule has 138 valence electrons. The molecule has 1 atom stereocenters. The van der Waals surface area contributed by atoms with Crippen molar-refractivity contribution in [3.63, 3.8) is 0 Å². The lowest BCUT2D eigenvalue weighted by atomic mass is 10.0. The van der Waals surface area contributed by atoms with E-state index in [4.69, 9.17) is 9.47 Å². The highest BCUT2D eigenvalue weighted by Gasteiger charge is 2.26. The van der Waals surface area contributed by atoms with Crippen LogP contribution in [-0.4, -0.2) is 31.1 Å². The predicted octanol–water partition coefficient (Wildman–Crippen LogP) is 3.37. The zero-order valence-corrected chi connectivity index (χ0v) is 15.4. The molecule has 0 saturated carbocycles. The minimum Gasteiger partial charge on any atom is -0.490 e. The molecule has 0 saturated heterocycles. The first-order chi connectivity index (χ1) is 12.5. The van der Waals surface area contributed by atoms with Crippen molar-refractivity contribution in [2.45, 2.75) is 26.8 Å². The molecule has 2 aromatic rings. The molecule has 0 fully saturated rings. The molecule has 1 N–H and O–H groups in total. The average molecular weight is 355 g/mol. The molecule has 2 aromatic carbocycles. The van der Waals surface area contributed by atoms with Gasteiger partial charge in [-0.05, 0) is 37.1 Å². The van der Waals surface area contributed by atoms with Crippen molar-refractivity contribution in [2.24, 2.45) is 5.92 Å².